The van der Waals surface area contributed by atoms with Gasteiger partial charge in [0, 0.05) is 17.5 Å². The molecule has 0 unspecified atom stereocenters. The molecule has 0 spiro atoms. The molecular formula is C11H18N2OS. The van der Waals surface area contributed by atoms with E-state index in [-0.39, 0.29) is 5.91 Å². The Labute approximate surface area is 94.9 Å². The average Bonchev–Trinajstić information content (AvgIpc) is 2.67. The lowest BCUT2D eigenvalue weighted by Gasteiger charge is -2.08. The highest BCUT2D eigenvalue weighted by molar-refractivity contribution is 7.09. The number of hydrogen-bond acceptors (Lipinski definition) is 3. The summed E-state index contributed by atoms with van der Waals surface area (Å²) in [5, 5.41) is 8.01. The molecule has 84 valence electrons. The van der Waals surface area contributed by atoms with Crippen molar-refractivity contribution in [2.24, 2.45) is 0 Å². The molecule has 3 nitrogen and oxygen atoms in total. The fourth-order valence-electron chi connectivity index (χ4n) is 1.14. The predicted octanol–water partition coefficient (Wildman–Crippen LogP) is 1.40. The van der Waals surface area contributed by atoms with Gasteiger partial charge in [0.25, 0.3) is 0 Å². The molecule has 0 aliphatic carbocycles. The van der Waals surface area contributed by atoms with Crippen LogP contribution in [0.3, 0.4) is 0 Å². The third-order valence-electron chi connectivity index (χ3n) is 1.94. The van der Waals surface area contributed by atoms with E-state index in [2.05, 4.69) is 22.1 Å². The topological polar surface area (TPSA) is 41.1 Å². The Kier molecular flexibility index (Phi) is 5.36. The fraction of sp³-hybridized carbons (Fsp3) is 0.545. The number of amides is 1. The van der Waals surface area contributed by atoms with E-state index in [1.807, 2.05) is 19.9 Å². The van der Waals surface area contributed by atoms with Gasteiger partial charge in [-0.05, 0) is 17.9 Å². The summed E-state index contributed by atoms with van der Waals surface area (Å²) in [4.78, 5) is 12.6. The smallest absolute Gasteiger partial charge is 0.233 e. The van der Waals surface area contributed by atoms with Crippen molar-refractivity contribution >= 4 is 17.2 Å². The third-order valence-corrected chi connectivity index (χ3v) is 2.88. The van der Waals surface area contributed by atoms with Gasteiger partial charge in [0.2, 0.25) is 5.91 Å². The summed E-state index contributed by atoms with van der Waals surface area (Å²) in [6.45, 7) is 5.18. The summed E-state index contributed by atoms with van der Waals surface area (Å²) in [5.41, 5.74) is 0. The minimum absolute atomic E-state index is 0.0697. The van der Waals surface area contributed by atoms with E-state index in [0.717, 1.165) is 13.0 Å². The van der Waals surface area contributed by atoms with E-state index in [9.17, 15) is 4.79 Å². The molecule has 0 aliphatic heterocycles. The number of nitrogens with one attached hydrogen (secondary N) is 2. The van der Waals surface area contributed by atoms with E-state index in [0.29, 0.717) is 12.6 Å². The molecule has 0 saturated carbocycles. The lowest BCUT2D eigenvalue weighted by atomic mass is 10.3. The van der Waals surface area contributed by atoms with Crippen LogP contribution < -0.4 is 10.6 Å². The van der Waals surface area contributed by atoms with Crippen LogP contribution in [0.5, 0.6) is 0 Å². The predicted molar refractivity (Wildman–Crippen MR) is 64.2 cm³/mol. The van der Waals surface area contributed by atoms with E-state index in [1.165, 1.54) is 4.88 Å². The van der Waals surface area contributed by atoms with Gasteiger partial charge < -0.3 is 10.6 Å². The average molecular weight is 226 g/mol. The summed E-state index contributed by atoms with van der Waals surface area (Å²) in [5.74, 6) is 0.0697. The molecule has 1 heterocycles. The van der Waals surface area contributed by atoms with Crippen molar-refractivity contribution in [3.05, 3.63) is 22.4 Å². The van der Waals surface area contributed by atoms with Crippen LogP contribution in [0.2, 0.25) is 0 Å². The molecule has 0 radical (unpaired) electrons. The van der Waals surface area contributed by atoms with Crippen LogP contribution in [0.1, 0.15) is 18.7 Å². The molecule has 0 aliphatic rings. The molecule has 0 atom stereocenters. The lowest BCUT2D eigenvalue weighted by molar-refractivity contribution is -0.120. The second-order valence-electron chi connectivity index (χ2n) is 3.71. The Morgan fingerprint density at radius 1 is 1.53 bits per heavy atom. The van der Waals surface area contributed by atoms with Crippen LogP contribution in [0, 0.1) is 0 Å². The van der Waals surface area contributed by atoms with Gasteiger partial charge in [-0.25, -0.2) is 0 Å². The van der Waals surface area contributed by atoms with Crippen LogP contribution in [0.15, 0.2) is 17.5 Å². The Hall–Kier alpha value is -0.870. The number of rotatable bonds is 6. The first-order valence-corrected chi connectivity index (χ1v) is 6.09. The van der Waals surface area contributed by atoms with Crippen molar-refractivity contribution < 1.29 is 4.79 Å². The standard InChI is InChI=1S/C11H18N2OS/c1-9(2)13-8-11(14)12-6-5-10-4-3-7-15-10/h3-4,7,9,13H,5-6,8H2,1-2H3,(H,12,14). The Morgan fingerprint density at radius 3 is 2.93 bits per heavy atom. The van der Waals surface area contributed by atoms with Crippen LogP contribution in [-0.4, -0.2) is 25.0 Å². The summed E-state index contributed by atoms with van der Waals surface area (Å²) in [6, 6.07) is 4.47. The summed E-state index contributed by atoms with van der Waals surface area (Å²) >= 11 is 1.73. The maximum atomic E-state index is 11.3. The zero-order chi connectivity index (χ0) is 11.1. The number of thiophene rings is 1. The zero-order valence-electron chi connectivity index (χ0n) is 9.25. The SMILES string of the molecule is CC(C)NCC(=O)NCCc1cccs1. The molecule has 0 bridgehead atoms. The van der Waals surface area contributed by atoms with Gasteiger partial charge in [0.1, 0.15) is 0 Å². The molecule has 1 rings (SSSR count). The first kappa shape index (κ1) is 12.2. The molecule has 15 heavy (non-hydrogen) atoms. The minimum Gasteiger partial charge on any atom is -0.355 e. The van der Waals surface area contributed by atoms with Gasteiger partial charge in [-0.15, -0.1) is 11.3 Å². The van der Waals surface area contributed by atoms with Crippen molar-refractivity contribution in [2.45, 2.75) is 26.3 Å². The van der Waals surface area contributed by atoms with Crippen molar-refractivity contribution in [1.82, 2.24) is 10.6 Å². The van der Waals surface area contributed by atoms with E-state index < -0.39 is 0 Å². The monoisotopic (exact) mass is 226 g/mol. The molecule has 2 N–H and O–H groups in total. The van der Waals surface area contributed by atoms with Crippen LogP contribution >= 0.6 is 11.3 Å². The zero-order valence-corrected chi connectivity index (χ0v) is 10.1. The van der Waals surface area contributed by atoms with E-state index in [4.69, 9.17) is 0 Å². The summed E-state index contributed by atoms with van der Waals surface area (Å²) in [7, 11) is 0. The number of carbonyl (C=O) groups is 1. The molecule has 1 aromatic heterocycles. The van der Waals surface area contributed by atoms with Crippen LogP contribution in [-0.2, 0) is 11.2 Å². The molecule has 0 aromatic carbocycles. The quantitative estimate of drug-likeness (QED) is 0.770. The Bertz CT molecular complexity index is 283. The van der Waals surface area contributed by atoms with Crippen LogP contribution in [0.4, 0.5) is 0 Å². The fourth-order valence-corrected chi connectivity index (χ4v) is 1.85. The highest BCUT2D eigenvalue weighted by atomic mass is 32.1. The Balaban J connectivity index is 2.07. The maximum Gasteiger partial charge on any atom is 0.233 e. The highest BCUT2D eigenvalue weighted by Crippen LogP contribution is 2.07. The Morgan fingerprint density at radius 2 is 2.33 bits per heavy atom. The molecular weight excluding hydrogens is 208 g/mol. The third kappa shape index (κ3) is 5.54. The molecule has 0 fully saturated rings. The summed E-state index contributed by atoms with van der Waals surface area (Å²) in [6.07, 6.45) is 0.922. The van der Waals surface area contributed by atoms with Crippen molar-refractivity contribution in [3.8, 4) is 0 Å². The second kappa shape index (κ2) is 6.58. The van der Waals surface area contributed by atoms with Crippen molar-refractivity contribution in [3.63, 3.8) is 0 Å². The normalized spacial score (nSPS) is 10.6. The summed E-state index contributed by atoms with van der Waals surface area (Å²) < 4.78 is 0. The first-order chi connectivity index (χ1) is 7.18. The molecule has 4 heteroatoms. The second-order valence-corrected chi connectivity index (χ2v) is 4.75. The van der Waals surface area contributed by atoms with Gasteiger partial charge in [-0.3, -0.25) is 4.79 Å². The van der Waals surface area contributed by atoms with Crippen molar-refractivity contribution in [2.75, 3.05) is 13.1 Å². The van der Waals surface area contributed by atoms with Gasteiger partial charge in [-0.1, -0.05) is 19.9 Å². The van der Waals surface area contributed by atoms with Crippen molar-refractivity contribution in [1.29, 1.82) is 0 Å². The number of carbonyl (C=O) groups excluding carboxylic acids is 1. The highest BCUT2D eigenvalue weighted by Gasteiger charge is 2.01. The number of hydrogen-bond donors (Lipinski definition) is 2. The van der Waals surface area contributed by atoms with Gasteiger partial charge in [0.15, 0.2) is 0 Å². The van der Waals surface area contributed by atoms with Gasteiger partial charge in [-0.2, -0.15) is 0 Å². The van der Waals surface area contributed by atoms with E-state index in [1.54, 1.807) is 11.3 Å². The largest absolute Gasteiger partial charge is 0.355 e. The first-order valence-electron chi connectivity index (χ1n) is 5.21. The van der Waals surface area contributed by atoms with E-state index >= 15 is 0 Å². The maximum absolute atomic E-state index is 11.3. The molecule has 1 amide bonds. The minimum atomic E-state index is 0.0697. The van der Waals surface area contributed by atoms with Crippen LogP contribution in [0.25, 0.3) is 0 Å². The lowest BCUT2D eigenvalue weighted by Crippen LogP contribution is -2.37. The molecule has 1 aromatic rings. The van der Waals surface area contributed by atoms with Gasteiger partial charge in [0.05, 0.1) is 6.54 Å². The molecule has 0 saturated heterocycles. The van der Waals surface area contributed by atoms with Gasteiger partial charge >= 0.3 is 0 Å².